The van der Waals surface area contributed by atoms with Crippen LogP contribution in [0.3, 0.4) is 0 Å². The van der Waals surface area contributed by atoms with Crippen LogP contribution in [0.4, 0.5) is 0 Å². The molecule has 0 aromatic carbocycles. The molecule has 0 saturated heterocycles. The second-order valence-corrected chi connectivity index (χ2v) is 5.92. The number of rotatable bonds is 1. The minimum Gasteiger partial charge on any atom is -0.390 e. The zero-order valence-electron chi connectivity index (χ0n) is 9.20. The van der Waals surface area contributed by atoms with E-state index < -0.39 is 0 Å². The molecule has 4 saturated carbocycles. The Labute approximate surface area is 90.2 Å². The van der Waals surface area contributed by atoms with Gasteiger partial charge in [0.15, 0.2) is 0 Å². The van der Waals surface area contributed by atoms with E-state index in [1.54, 1.807) is 6.92 Å². The molecule has 0 aliphatic heterocycles. The molecule has 4 fully saturated rings. The van der Waals surface area contributed by atoms with Crippen molar-refractivity contribution in [2.45, 2.75) is 50.7 Å². The van der Waals surface area contributed by atoms with E-state index in [-0.39, 0.29) is 11.5 Å². The Bertz CT molecular complexity index is 286. The van der Waals surface area contributed by atoms with Crippen LogP contribution in [0.25, 0.3) is 0 Å². The fourth-order valence-electron chi connectivity index (χ4n) is 4.45. The molecule has 5 atom stereocenters. The van der Waals surface area contributed by atoms with Gasteiger partial charge in [0.25, 0.3) is 0 Å². The topological polar surface area (TPSA) is 49.3 Å². The van der Waals surface area contributed by atoms with E-state index in [0.29, 0.717) is 17.9 Å². The van der Waals surface area contributed by atoms with E-state index in [1.165, 1.54) is 12.8 Å². The van der Waals surface area contributed by atoms with Crippen molar-refractivity contribution in [3.63, 3.8) is 0 Å². The lowest BCUT2D eigenvalue weighted by Gasteiger charge is -2.58. The zero-order valence-corrected chi connectivity index (χ0v) is 9.20. The van der Waals surface area contributed by atoms with Crippen LogP contribution < -0.4 is 5.32 Å². The second-order valence-electron chi connectivity index (χ2n) is 5.92. The molecule has 4 aliphatic rings. The largest absolute Gasteiger partial charge is 0.390 e. The summed E-state index contributed by atoms with van der Waals surface area (Å²) in [5.74, 6) is 1.87. The van der Waals surface area contributed by atoms with Gasteiger partial charge in [-0.05, 0) is 49.9 Å². The lowest BCUT2D eigenvalue weighted by Crippen LogP contribution is -2.61. The lowest BCUT2D eigenvalue weighted by molar-refractivity contribution is -0.145. The number of carbonyl (C=O) groups is 1. The van der Waals surface area contributed by atoms with Crippen molar-refractivity contribution in [3.8, 4) is 0 Å². The second kappa shape index (κ2) is 2.97. The maximum absolute atomic E-state index is 11.1. The Morgan fingerprint density at radius 1 is 1.27 bits per heavy atom. The molecule has 1 amide bonds. The number of hydrogen-bond acceptors (Lipinski definition) is 2. The number of nitrogens with one attached hydrogen (secondary N) is 1. The van der Waals surface area contributed by atoms with Crippen molar-refractivity contribution < 1.29 is 9.90 Å². The molecule has 0 heterocycles. The maximum Gasteiger partial charge on any atom is 0.217 e. The third kappa shape index (κ3) is 1.48. The Kier molecular flexibility index (Phi) is 1.91. The summed E-state index contributed by atoms with van der Waals surface area (Å²) < 4.78 is 0. The number of hydrogen-bond donors (Lipinski definition) is 2. The summed E-state index contributed by atoms with van der Waals surface area (Å²) in [4.78, 5) is 11.1. The van der Waals surface area contributed by atoms with Crippen LogP contribution in [0.1, 0.15) is 39.0 Å². The van der Waals surface area contributed by atoms with Crippen LogP contribution in [0.5, 0.6) is 0 Å². The molecule has 3 unspecified atom stereocenters. The molecule has 3 heteroatoms. The van der Waals surface area contributed by atoms with Gasteiger partial charge >= 0.3 is 0 Å². The van der Waals surface area contributed by atoms with E-state index in [1.807, 2.05) is 0 Å². The first-order valence-corrected chi connectivity index (χ1v) is 6.05. The summed E-state index contributed by atoms with van der Waals surface area (Å²) in [6.45, 7) is 1.60. The normalized spacial score (nSPS) is 51.9. The maximum atomic E-state index is 11.1. The number of amides is 1. The summed E-state index contributed by atoms with van der Waals surface area (Å²) in [5.41, 5.74) is -0.383. The average molecular weight is 209 g/mol. The van der Waals surface area contributed by atoms with Gasteiger partial charge in [-0.2, -0.15) is 0 Å². The van der Waals surface area contributed by atoms with Gasteiger partial charge in [-0.25, -0.2) is 0 Å². The van der Waals surface area contributed by atoms with Crippen molar-refractivity contribution in [2.75, 3.05) is 0 Å². The summed E-state index contributed by atoms with van der Waals surface area (Å²) in [6.07, 6.45) is 5.25. The van der Waals surface area contributed by atoms with E-state index >= 15 is 0 Å². The van der Waals surface area contributed by atoms with Crippen LogP contribution in [0.15, 0.2) is 0 Å². The quantitative estimate of drug-likeness (QED) is 0.678. The Morgan fingerprint density at radius 3 is 2.33 bits per heavy atom. The minimum absolute atomic E-state index is 0.0828. The molecule has 4 aliphatic carbocycles. The van der Waals surface area contributed by atoms with E-state index in [9.17, 15) is 9.90 Å². The molecule has 4 rings (SSSR count). The smallest absolute Gasteiger partial charge is 0.217 e. The molecule has 4 bridgehead atoms. The summed E-state index contributed by atoms with van der Waals surface area (Å²) >= 11 is 0. The predicted octanol–water partition coefficient (Wildman–Crippen LogP) is 1.06. The highest BCUT2D eigenvalue weighted by molar-refractivity contribution is 5.73. The van der Waals surface area contributed by atoms with Gasteiger partial charge < -0.3 is 10.4 Å². The van der Waals surface area contributed by atoms with E-state index in [2.05, 4.69) is 5.32 Å². The van der Waals surface area contributed by atoms with Gasteiger partial charge in [0.2, 0.25) is 5.91 Å². The van der Waals surface area contributed by atoms with Gasteiger partial charge in [0.1, 0.15) is 0 Å². The van der Waals surface area contributed by atoms with Crippen molar-refractivity contribution in [3.05, 3.63) is 0 Å². The Hall–Kier alpha value is -0.570. The zero-order chi connectivity index (χ0) is 10.6. The highest BCUT2D eigenvalue weighted by Crippen LogP contribution is 2.55. The summed E-state index contributed by atoms with van der Waals surface area (Å²) in [5, 5.41) is 13.4. The number of aliphatic hydroxyl groups is 1. The first kappa shape index (κ1) is 9.64. The van der Waals surface area contributed by atoms with Crippen LogP contribution in [-0.4, -0.2) is 22.7 Å². The lowest BCUT2D eigenvalue weighted by atomic mass is 9.52. The molecule has 3 nitrogen and oxygen atoms in total. The monoisotopic (exact) mass is 209 g/mol. The SMILES string of the molecule is CC(=O)NC1[C@@H]2CC3C[C@H]1CC(O)(C3)C2. The predicted molar refractivity (Wildman–Crippen MR) is 56.1 cm³/mol. The summed E-state index contributed by atoms with van der Waals surface area (Å²) in [7, 11) is 0. The number of carbonyl (C=O) groups excluding carboxylic acids is 1. The van der Waals surface area contributed by atoms with Gasteiger partial charge in [0.05, 0.1) is 5.60 Å². The van der Waals surface area contributed by atoms with Gasteiger partial charge in [-0.3, -0.25) is 4.79 Å². The van der Waals surface area contributed by atoms with Crippen LogP contribution in [0, 0.1) is 17.8 Å². The van der Waals surface area contributed by atoms with Crippen LogP contribution in [0.2, 0.25) is 0 Å². The molecular weight excluding hydrogens is 190 g/mol. The molecule has 0 radical (unpaired) electrons. The highest BCUT2D eigenvalue weighted by Gasteiger charge is 2.54. The van der Waals surface area contributed by atoms with Crippen LogP contribution >= 0.6 is 0 Å². The highest BCUT2D eigenvalue weighted by atomic mass is 16.3. The Balaban J connectivity index is 1.82. The van der Waals surface area contributed by atoms with Crippen molar-refractivity contribution in [2.24, 2.45) is 17.8 Å². The molecular formula is C12H19NO2. The Morgan fingerprint density at radius 2 is 1.87 bits per heavy atom. The fourth-order valence-corrected chi connectivity index (χ4v) is 4.45. The molecule has 0 aromatic rings. The molecule has 84 valence electrons. The molecule has 2 N–H and O–H groups in total. The first-order chi connectivity index (χ1) is 7.06. The average Bonchev–Trinajstić information content (AvgIpc) is 2.08. The van der Waals surface area contributed by atoms with Crippen molar-refractivity contribution in [1.82, 2.24) is 5.32 Å². The summed E-state index contributed by atoms with van der Waals surface area (Å²) in [6, 6.07) is 0.347. The van der Waals surface area contributed by atoms with Crippen molar-refractivity contribution >= 4 is 5.91 Å². The van der Waals surface area contributed by atoms with E-state index in [4.69, 9.17) is 0 Å². The third-order valence-electron chi connectivity index (χ3n) is 4.61. The molecule has 15 heavy (non-hydrogen) atoms. The third-order valence-corrected chi connectivity index (χ3v) is 4.61. The fraction of sp³-hybridized carbons (Fsp3) is 0.917. The van der Waals surface area contributed by atoms with Crippen LogP contribution in [-0.2, 0) is 4.79 Å². The molecule has 0 spiro atoms. The minimum atomic E-state index is -0.383. The first-order valence-electron chi connectivity index (χ1n) is 6.05. The standard InChI is InChI=1S/C12H19NO2/c1-7(14)13-11-9-2-8-3-10(11)6-12(15,4-8)5-9/h8-11,15H,2-6H2,1H3,(H,13,14)/t8?,9-,10+,11?,12?. The van der Waals surface area contributed by atoms with E-state index in [0.717, 1.165) is 25.2 Å². The van der Waals surface area contributed by atoms with Gasteiger partial charge in [0, 0.05) is 13.0 Å². The van der Waals surface area contributed by atoms with Gasteiger partial charge in [-0.15, -0.1) is 0 Å². The van der Waals surface area contributed by atoms with Gasteiger partial charge in [-0.1, -0.05) is 0 Å². The molecule has 0 aromatic heterocycles. The van der Waals surface area contributed by atoms with Crippen molar-refractivity contribution in [1.29, 1.82) is 0 Å².